The Morgan fingerprint density at radius 2 is 2.21 bits per heavy atom. The Morgan fingerprint density at radius 3 is 2.79 bits per heavy atom. The number of benzene rings is 1. The number of phenolic OH excluding ortho intramolecular Hbond substituents is 1. The second-order valence-corrected chi connectivity index (χ2v) is 2.97. The van der Waals surface area contributed by atoms with Crippen molar-refractivity contribution in [1.82, 2.24) is 5.32 Å². The molecular weight excluding hydrogens is 185 g/mol. The molecule has 0 aliphatic heterocycles. The molecule has 2 N–H and O–H groups in total. The van der Waals surface area contributed by atoms with Gasteiger partial charge >= 0.3 is 0 Å². The lowest BCUT2D eigenvalue weighted by Gasteiger charge is -2.08. The maximum atomic E-state index is 13.0. The smallest absolute Gasteiger partial charge is 0.163 e. The van der Waals surface area contributed by atoms with E-state index in [1.54, 1.807) is 7.05 Å². The third-order valence-electron chi connectivity index (χ3n) is 1.98. The molecule has 0 saturated carbocycles. The van der Waals surface area contributed by atoms with Crippen LogP contribution >= 0.6 is 0 Å². The monoisotopic (exact) mass is 199 g/mol. The van der Waals surface area contributed by atoms with Gasteiger partial charge in [-0.1, -0.05) is 0 Å². The SMILES string of the molecule is CNCCc1cc(F)cc(OC)c1O. The summed E-state index contributed by atoms with van der Waals surface area (Å²) in [5.74, 6) is -0.203. The first kappa shape index (κ1) is 10.8. The van der Waals surface area contributed by atoms with Crippen LogP contribution in [0.5, 0.6) is 11.5 Å². The van der Waals surface area contributed by atoms with Crippen LogP contribution in [-0.2, 0) is 6.42 Å². The van der Waals surface area contributed by atoms with Gasteiger partial charge in [0.1, 0.15) is 5.82 Å². The highest BCUT2D eigenvalue weighted by molar-refractivity contribution is 5.46. The van der Waals surface area contributed by atoms with E-state index in [0.717, 1.165) is 6.07 Å². The molecule has 0 spiro atoms. The van der Waals surface area contributed by atoms with Crippen molar-refractivity contribution in [2.75, 3.05) is 20.7 Å². The summed E-state index contributed by atoms with van der Waals surface area (Å²) in [7, 11) is 3.20. The molecule has 0 bridgehead atoms. The average molecular weight is 199 g/mol. The van der Waals surface area contributed by atoms with Crippen LogP contribution in [-0.4, -0.2) is 25.8 Å². The van der Waals surface area contributed by atoms with Crippen LogP contribution in [0.2, 0.25) is 0 Å². The first-order valence-electron chi connectivity index (χ1n) is 4.39. The highest BCUT2D eigenvalue weighted by Crippen LogP contribution is 2.30. The van der Waals surface area contributed by atoms with Crippen LogP contribution in [0, 0.1) is 5.82 Å². The molecule has 14 heavy (non-hydrogen) atoms. The minimum atomic E-state index is -0.397. The first-order chi connectivity index (χ1) is 6.69. The number of halogens is 1. The number of aromatic hydroxyl groups is 1. The van der Waals surface area contributed by atoms with Gasteiger partial charge in [0.2, 0.25) is 0 Å². The summed E-state index contributed by atoms with van der Waals surface area (Å²) in [6.45, 7) is 0.681. The largest absolute Gasteiger partial charge is 0.504 e. The summed E-state index contributed by atoms with van der Waals surface area (Å²) in [6, 6.07) is 2.48. The minimum absolute atomic E-state index is 0.0177. The van der Waals surface area contributed by atoms with E-state index in [0.29, 0.717) is 18.5 Å². The Labute approximate surface area is 82.5 Å². The maximum absolute atomic E-state index is 13.0. The molecule has 1 aromatic rings. The first-order valence-corrected chi connectivity index (χ1v) is 4.39. The van der Waals surface area contributed by atoms with Crippen molar-refractivity contribution in [3.63, 3.8) is 0 Å². The molecule has 3 nitrogen and oxygen atoms in total. The number of hydrogen-bond acceptors (Lipinski definition) is 3. The highest BCUT2D eigenvalue weighted by atomic mass is 19.1. The predicted molar refractivity (Wildman–Crippen MR) is 52.2 cm³/mol. The Balaban J connectivity index is 2.96. The van der Waals surface area contributed by atoms with Gasteiger partial charge in [-0.2, -0.15) is 0 Å². The Kier molecular flexibility index (Phi) is 3.71. The zero-order valence-corrected chi connectivity index (χ0v) is 8.30. The number of nitrogens with one attached hydrogen (secondary N) is 1. The van der Waals surface area contributed by atoms with Gasteiger partial charge in [-0.3, -0.25) is 0 Å². The lowest BCUT2D eigenvalue weighted by atomic mass is 10.1. The van der Waals surface area contributed by atoms with E-state index in [9.17, 15) is 9.50 Å². The molecule has 0 aromatic heterocycles. The standard InChI is InChI=1S/C10H14FNO2/c1-12-4-3-7-5-8(11)6-9(14-2)10(7)13/h5-6,12-13H,3-4H2,1-2H3. The summed E-state index contributed by atoms with van der Waals surface area (Å²) in [5.41, 5.74) is 0.552. The molecule has 78 valence electrons. The molecule has 0 radical (unpaired) electrons. The molecule has 4 heteroatoms. The van der Waals surface area contributed by atoms with Crippen LogP contribution < -0.4 is 10.1 Å². The number of hydrogen-bond donors (Lipinski definition) is 2. The van der Waals surface area contributed by atoms with Crippen molar-refractivity contribution in [1.29, 1.82) is 0 Å². The van der Waals surface area contributed by atoms with E-state index in [2.05, 4.69) is 5.32 Å². The average Bonchev–Trinajstić information content (AvgIpc) is 2.18. The summed E-state index contributed by atoms with van der Waals surface area (Å²) >= 11 is 0. The molecule has 1 aromatic carbocycles. The fourth-order valence-electron chi connectivity index (χ4n) is 1.23. The maximum Gasteiger partial charge on any atom is 0.163 e. The normalized spacial score (nSPS) is 10.2. The molecule has 0 unspecified atom stereocenters. The van der Waals surface area contributed by atoms with Crippen molar-refractivity contribution < 1.29 is 14.2 Å². The number of phenols is 1. The lowest BCUT2D eigenvalue weighted by molar-refractivity contribution is 0.367. The van der Waals surface area contributed by atoms with E-state index >= 15 is 0 Å². The number of rotatable bonds is 4. The molecule has 1 rings (SSSR count). The van der Waals surface area contributed by atoms with Crippen molar-refractivity contribution in [2.24, 2.45) is 0 Å². The molecule has 0 saturated heterocycles. The van der Waals surface area contributed by atoms with Crippen molar-refractivity contribution in [3.8, 4) is 11.5 Å². The minimum Gasteiger partial charge on any atom is -0.504 e. The van der Waals surface area contributed by atoms with Gasteiger partial charge in [-0.05, 0) is 26.1 Å². The third-order valence-corrected chi connectivity index (χ3v) is 1.98. The van der Waals surface area contributed by atoms with Crippen molar-refractivity contribution >= 4 is 0 Å². The van der Waals surface area contributed by atoms with Gasteiger partial charge in [0.25, 0.3) is 0 Å². The van der Waals surface area contributed by atoms with E-state index in [1.807, 2.05) is 0 Å². The molecule has 0 amide bonds. The fourth-order valence-corrected chi connectivity index (χ4v) is 1.23. The van der Waals surface area contributed by atoms with Crippen LogP contribution in [0.25, 0.3) is 0 Å². The molecule has 0 heterocycles. The Morgan fingerprint density at radius 1 is 1.50 bits per heavy atom. The molecular formula is C10H14FNO2. The van der Waals surface area contributed by atoms with Gasteiger partial charge in [-0.25, -0.2) is 4.39 Å². The zero-order valence-electron chi connectivity index (χ0n) is 8.30. The van der Waals surface area contributed by atoms with Crippen LogP contribution in [0.4, 0.5) is 4.39 Å². The summed E-state index contributed by atoms with van der Waals surface area (Å²) in [4.78, 5) is 0. The van der Waals surface area contributed by atoms with Gasteiger partial charge in [0.05, 0.1) is 7.11 Å². The third kappa shape index (κ3) is 2.35. The van der Waals surface area contributed by atoms with Crippen LogP contribution in [0.3, 0.4) is 0 Å². The molecule has 0 aliphatic rings. The molecule has 0 fully saturated rings. The van der Waals surface area contributed by atoms with Gasteiger partial charge in [0, 0.05) is 11.6 Å². The van der Waals surface area contributed by atoms with Gasteiger partial charge < -0.3 is 15.2 Å². The van der Waals surface area contributed by atoms with Crippen molar-refractivity contribution in [3.05, 3.63) is 23.5 Å². The quantitative estimate of drug-likeness (QED) is 0.768. The Hall–Kier alpha value is -1.29. The van der Waals surface area contributed by atoms with E-state index in [4.69, 9.17) is 4.74 Å². The second kappa shape index (κ2) is 4.81. The molecule has 0 atom stereocenters. The second-order valence-electron chi connectivity index (χ2n) is 2.97. The highest BCUT2D eigenvalue weighted by Gasteiger charge is 2.09. The molecule has 0 aliphatic carbocycles. The van der Waals surface area contributed by atoms with E-state index < -0.39 is 5.82 Å². The lowest BCUT2D eigenvalue weighted by Crippen LogP contribution is -2.10. The number of ether oxygens (including phenoxy) is 1. The van der Waals surface area contributed by atoms with E-state index in [-0.39, 0.29) is 11.5 Å². The number of methoxy groups -OCH3 is 1. The predicted octanol–water partition coefficient (Wildman–Crippen LogP) is 1.30. The van der Waals surface area contributed by atoms with E-state index in [1.165, 1.54) is 13.2 Å². The van der Waals surface area contributed by atoms with Crippen LogP contribution in [0.15, 0.2) is 12.1 Å². The summed E-state index contributed by atoms with van der Waals surface area (Å²) < 4.78 is 17.8. The van der Waals surface area contributed by atoms with Crippen molar-refractivity contribution in [2.45, 2.75) is 6.42 Å². The summed E-state index contributed by atoms with van der Waals surface area (Å²) in [5, 5.41) is 12.5. The summed E-state index contributed by atoms with van der Waals surface area (Å²) in [6.07, 6.45) is 0.566. The van der Waals surface area contributed by atoms with Gasteiger partial charge in [0.15, 0.2) is 11.5 Å². The fraction of sp³-hybridized carbons (Fsp3) is 0.400. The van der Waals surface area contributed by atoms with Gasteiger partial charge in [-0.15, -0.1) is 0 Å². The topological polar surface area (TPSA) is 41.5 Å². The zero-order chi connectivity index (χ0) is 10.6. The Bertz CT molecular complexity index is 315. The number of likely N-dealkylation sites (N-methyl/N-ethyl adjacent to an activating group) is 1. The van der Waals surface area contributed by atoms with Crippen LogP contribution in [0.1, 0.15) is 5.56 Å².